The van der Waals surface area contributed by atoms with Crippen LogP contribution < -0.4 is 10.6 Å². The van der Waals surface area contributed by atoms with E-state index in [2.05, 4.69) is 10.6 Å². The van der Waals surface area contributed by atoms with E-state index in [-0.39, 0.29) is 18.0 Å². The van der Waals surface area contributed by atoms with Crippen LogP contribution in [0.2, 0.25) is 4.34 Å². The Balaban J connectivity index is 2.22. The number of carboxylic acid groups (broad SMARTS) is 1. The molecular weight excluding hydrogens is 300 g/mol. The van der Waals surface area contributed by atoms with Gasteiger partial charge in [-0.1, -0.05) is 18.5 Å². The first kappa shape index (κ1) is 16.8. The van der Waals surface area contributed by atoms with Gasteiger partial charge in [0.1, 0.15) is 0 Å². The summed E-state index contributed by atoms with van der Waals surface area (Å²) in [5, 5.41) is 14.2. The molecule has 0 aromatic carbocycles. The third-order valence-corrected chi connectivity index (χ3v) is 4.30. The lowest BCUT2D eigenvalue weighted by atomic mass is 10.1. The number of carboxylic acids is 1. The molecule has 0 fully saturated rings. The van der Waals surface area contributed by atoms with Crippen LogP contribution in [0.15, 0.2) is 12.1 Å². The summed E-state index contributed by atoms with van der Waals surface area (Å²) in [6, 6.07) is 3.31. The first-order valence-electron chi connectivity index (χ1n) is 6.42. The van der Waals surface area contributed by atoms with E-state index >= 15 is 0 Å². The molecule has 0 aliphatic carbocycles. The van der Waals surface area contributed by atoms with Crippen molar-refractivity contribution in [2.75, 3.05) is 6.54 Å². The Bertz CT molecular complexity index is 464. The van der Waals surface area contributed by atoms with Gasteiger partial charge in [-0.15, -0.1) is 11.3 Å². The number of nitrogens with one attached hydrogen (secondary N) is 2. The van der Waals surface area contributed by atoms with E-state index in [9.17, 15) is 9.59 Å². The first-order valence-corrected chi connectivity index (χ1v) is 7.62. The Morgan fingerprint density at radius 2 is 2.10 bits per heavy atom. The van der Waals surface area contributed by atoms with E-state index in [1.807, 2.05) is 13.0 Å². The Morgan fingerprint density at radius 1 is 1.40 bits per heavy atom. The summed E-state index contributed by atoms with van der Waals surface area (Å²) in [5.41, 5.74) is 0. The summed E-state index contributed by atoms with van der Waals surface area (Å²) in [6.07, 6.45) is 1.19. The number of carbonyl (C=O) groups is 2. The molecule has 0 saturated heterocycles. The van der Waals surface area contributed by atoms with E-state index in [0.717, 1.165) is 4.88 Å². The van der Waals surface area contributed by atoms with Crippen LogP contribution in [0, 0.1) is 5.92 Å². The van der Waals surface area contributed by atoms with Crippen molar-refractivity contribution in [2.24, 2.45) is 5.92 Å². The zero-order chi connectivity index (χ0) is 15.1. The number of carbonyl (C=O) groups excluding carboxylic acids is 1. The van der Waals surface area contributed by atoms with Gasteiger partial charge in [-0.05, 0) is 31.9 Å². The number of rotatable bonds is 7. The minimum atomic E-state index is -0.808. The van der Waals surface area contributed by atoms with Crippen molar-refractivity contribution in [1.82, 2.24) is 10.6 Å². The highest BCUT2D eigenvalue weighted by Gasteiger charge is 2.12. The van der Waals surface area contributed by atoms with Crippen molar-refractivity contribution in [3.63, 3.8) is 0 Å². The largest absolute Gasteiger partial charge is 0.481 e. The van der Waals surface area contributed by atoms with Crippen LogP contribution in [0.5, 0.6) is 0 Å². The van der Waals surface area contributed by atoms with Crippen LogP contribution in [0.25, 0.3) is 0 Å². The lowest BCUT2D eigenvalue weighted by Gasteiger charge is -2.13. The predicted octanol–water partition coefficient (Wildman–Crippen LogP) is 3.26. The van der Waals surface area contributed by atoms with Gasteiger partial charge in [0, 0.05) is 11.4 Å². The minimum absolute atomic E-state index is 0.106. The molecule has 0 aliphatic rings. The molecule has 0 spiro atoms. The third kappa shape index (κ3) is 5.79. The van der Waals surface area contributed by atoms with Crippen molar-refractivity contribution in [1.29, 1.82) is 0 Å². The van der Waals surface area contributed by atoms with Crippen LogP contribution in [-0.2, 0) is 4.79 Å². The molecule has 112 valence electrons. The van der Waals surface area contributed by atoms with Gasteiger partial charge in [0.25, 0.3) is 0 Å². The molecule has 1 rings (SSSR count). The van der Waals surface area contributed by atoms with Gasteiger partial charge >= 0.3 is 12.0 Å². The number of hydrogen-bond donors (Lipinski definition) is 3. The Morgan fingerprint density at radius 3 is 2.65 bits per heavy atom. The van der Waals surface area contributed by atoms with Gasteiger partial charge < -0.3 is 15.7 Å². The first-order chi connectivity index (χ1) is 9.40. The van der Waals surface area contributed by atoms with Crippen molar-refractivity contribution < 1.29 is 14.7 Å². The lowest BCUT2D eigenvalue weighted by Crippen LogP contribution is -2.37. The molecule has 1 aromatic heterocycles. The normalized spacial score (nSPS) is 13.6. The number of halogens is 1. The minimum Gasteiger partial charge on any atom is -0.481 e. The third-order valence-electron chi connectivity index (χ3n) is 2.89. The zero-order valence-electron chi connectivity index (χ0n) is 11.5. The number of urea groups is 1. The van der Waals surface area contributed by atoms with Crippen molar-refractivity contribution in [3.05, 3.63) is 21.3 Å². The highest BCUT2D eigenvalue weighted by atomic mass is 35.5. The van der Waals surface area contributed by atoms with Crippen LogP contribution in [0.3, 0.4) is 0 Å². The molecule has 0 radical (unpaired) electrons. The molecule has 2 amide bonds. The summed E-state index contributed by atoms with van der Waals surface area (Å²) >= 11 is 7.27. The van der Waals surface area contributed by atoms with Gasteiger partial charge in [0.15, 0.2) is 0 Å². The van der Waals surface area contributed by atoms with Crippen LogP contribution in [0.4, 0.5) is 4.79 Å². The van der Waals surface area contributed by atoms with Gasteiger partial charge in [0.05, 0.1) is 16.3 Å². The maximum atomic E-state index is 11.6. The quantitative estimate of drug-likeness (QED) is 0.675. The molecule has 5 nitrogen and oxygen atoms in total. The summed E-state index contributed by atoms with van der Waals surface area (Å²) < 4.78 is 0.691. The Labute approximate surface area is 127 Å². The zero-order valence-corrected chi connectivity index (χ0v) is 13.1. The molecular formula is C13H19ClN2O3S. The van der Waals surface area contributed by atoms with E-state index in [1.54, 1.807) is 13.0 Å². The van der Waals surface area contributed by atoms with Crippen LogP contribution in [0.1, 0.15) is 37.6 Å². The summed E-state index contributed by atoms with van der Waals surface area (Å²) in [5.74, 6) is -1.19. The van der Waals surface area contributed by atoms with E-state index < -0.39 is 5.97 Å². The molecule has 7 heteroatoms. The summed E-state index contributed by atoms with van der Waals surface area (Å²) in [7, 11) is 0. The van der Waals surface area contributed by atoms with E-state index in [4.69, 9.17) is 16.7 Å². The molecule has 0 bridgehead atoms. The van der Waals surface area contributed by atoms with Crippen LogP contribution >= 0.6 is 22.9 Å². The smallest absolute Gasteiger partial charge is 0.315 e. The summed E-state index contributed by atoms with van der Waals surface area (Å²) in [4.78, 5) is 23.3. The molecule has 1 heterocycles. The number of hydrogen-bond acceptors (Lipinski definition) is 3. The standard InChI is InChI=1S/C13H19ClN2O3S/c1-8(12(17)18)4-3-7-15-13(19)16-9(2)10-5-6-11(14)20-10/h5-6,8-9H,3-4,7H2,1-2H3,(H,17,18)(H2,15,16,19). The molecule has 3 N–H and O–H groups in total. The molecule has 2 atom stereocenters. The van der Waals surface area contributed by atoms with Crippen molar-refractivity contribution in [2.45, 2.75) is 32.7 Å². The fourth-order valence-electron chi connectivity index (χ4n) is 1.61. The highest BCUT2D eigenvalue weighted by molar-refractivity contribution is 7.16. The second-order valence-corrected chi connectivity index (χ2v) is 6.39. The fourth-order valence-corrected chi connectivity index (χ4v) is 2.68. The molecule has 2 unspecified atom stereocenters. The Hall–Kier alpha value is -1.27. The maximum absolute atomic E-state index is 11.6. The highest BCUT2D eigenvalue weighted by Crippen LogP contribution is 2.26. The monoisotopic (exact) mass is 318 g/mol. The molecule has 0 saturated carbocycles. The molecule has 1 aromatic rings. The topological polar surface area (TPSA) is 78.4 Å². The number of thiophene rings is 1. The fraction of sp³-hybridized carbons (Fsp3) is 0.538. The van der Waals surface area contributed by atoms with E-state index in [0.29, 0.717) is 23.7 Å². The molecule has 20 heavy (non-hydrogen) atoms. The second kappa shape index (κ2) is 8.11. The van der Waals surface area contributed by atoms with Crippen molar-refractivity contribution >= 4 is 34.9 Å². The number of aliphatic carboxylic acids is 1. The maximum Gasteiger partial charge on any atom is 0.315 e. The lowest BCUT2D eigenvalue weighted by molar-refractivity contribution is -0.141. The van der Waals surface area contributed by atoms with Gasteiger partial charge in [0.2, 0.25) is 0 Å². The average Bonchev–Trinajstić information content (AvgIpc) is 2.81. The van der Waals surface area contributed by atoms with Crippen molar-refractivity contribution in [3.8, 4) is 0 Å². The SMILES string of the molecule is CC(CCCNC(=O)NC(C)c1ccc(Cl)s1)C(=O)O. The number of amides is 2. The van der Waals surface area contributed by atoms with Gasteiger partial charge in [-0.2, -0.15) is 0 Å². The second-order valence-electron chi connectivity index (χ2n) is 4.65. The Kier molecular flexibility index (Phi) is 6.81. The average molecular weight is 319 g/mol. The van der Waals surface area contributed by atoms with Crippen LogP contribution in [-0.4, -0.2) is 23.7 Å². The summed E-state index contributed by atoms with van der Waals surface area (Å²) in [6.45, 7) is 4.00. The van der Waals surface area contributed by atoms with Gasteiger partial charge in [-0.25, -0.2) is 4.79 Å². The van der Waals surface area contributed by atoms with E-state index in [1.165, 1.54) is 11.3 Å². The van der Waals surface area contributed by atoms with Gasteiger partial charge in [-0.3, -0.25) is 4.79 Å². The molecule has 0 aliphatic heterocycles. The predicted molar refractivity (Wildman–Crippen MR) is 80.3 cm³/mol.